The smallest absolute Gasteiger partial charge is 0.321 e. The molecule has 1 unspecified atom stereocenters. The minimum Gasteiger partial charge on any atom is -0.321 e. The van der Waals surface area contributed by atoms with Crippen LogP contribution in [0.1, 0.15) is 24.0 Å². The first-order valence-electron chi connectivity index (χ1n) is 6.77. The second-order valence-electron chi connectivity index (χ2n) is 5.13. The molecular weight excluding hydrogens is 254 g/mol. The van der Waals surface area contributed by atoms with Gasteiger partial charge in [0.05, 0.1) is 0 Å². The summed E-state index contributed by atoms with van der Waals surface area (Å²) in [7, 11) is 0. The summed E-state index contributed by atoms with van der Waals surface area (Å²) in [5.41, 5.74) is 11.5. The highest BCUT2D eigenvalue weighted by atomic mass is 16.2. The molecule has 2 amide bonds. The zero-order valence-corrected chi connectivity index (χ0v) is 11.8. The molecule has 1 saturated heterocycles. The summed E-state index contributed by atoms with van der Waals surface area (Å²) < 4.78 is 0. The number of azide groups is 1. The number of urea groups is 1. The zero-order valence-electron chi connectivity index (χ0n) is 11.8. The van der Waals surface area contributed by atoms with Gasteiger partial charge in [-0.05, 0) is 55.5 Å². The molecule has 1 aliphatic heterocycles. The maximum Gasteiger partial charge on any atom is 0.322 e. The van der Waals surface area contributed by atoms with Crippen LogP contribution in [0.4, 0.5) is 10.5 Å². The van der Waals surface area contributed by atoms with Gasteiger partial charge in [0.1, 0.15) is 0 Å². The second kappa shape index (κ2) is 6.30. The molecule has 1 aromatic carbocycles. The van der Waals surface area contributed by atoms with Crippen LogP contribution in [-0.2, 0) is 0 Å². The summed E-state index contributed by atoms with van der Waals surface area (Å²) in [6, 6.07) is 5.75. The number of likely N-dealkylation sites (tertiary alicyclic amines) is 1. The summed E-state index contributed by atoms with van der Waals surface area (Å²) in [6.07, 6.45) is 1.84. The van der Waals surface area contributed by atoms with E-state index in [9.17, 15) is 4.79 Å². The highest BCUT2D eigenvalue weighted by Crippen LogP contribution is 2.20. The Labute approximate surface area is 118 Å². The number of hydrogen-bond donors (Lipinski definition) is 1. The SMILES string of the molecule is Cc1ccc(NC(=O)N2CCCC2CN=[N+]=[N-])cc1C. The molecule has 6 nitrogen and oxygen atoms in total. The van der Waals surface area contributed by atoms with Crippen LogP contribution in [0, 0.1) is 13.8 Å². The van der Waals surface area contributed by atoms with Gasteiger partial charge in [0, 0.05) is 29.7 Å². The van der Waals surface area contributed by atoms with Crippen LogP contribution < -0.4 is 5.32 Å². The first-order chi connectivity index (χ1) is 9.61. The van der Waals surface area contributed by atoms with Crippen LogP contribution in [0.3, 0.4) is 0 Å². The molecule has 2 rings (SSSR count). The molecule has 1 fully saturated rings. The molecule has 106 valence electrons. The maximum atomic E-state index is 12.3. The summed E-state index contributed by atoms with van der Waals surface area (Å²) in [5, 5.41) is 6.49. The third-order valence-corrected chi connectivity index (χ3v) is 3.75. The van der Waals surface area contributed by atoms with Crippen LogP contribution in [0.5, 0.6) is 0 Å². The van der Waals surface area contributed by atoms with Gasteiger partial charge in [0.15, 0.2) is 0 Å². The lowest BCUT2D eigenvalue weighted by Crippen LogP contribution is -2.40. The van der Waals surface area contributed by atoms with Crippen molar-refractivity contribution >= 4 is 11.7 Å². The standard InChI is InChI=1S/C14H19N5O/c1-10-5-6-12(8-11(10)2)17-14(20)19-7-3-4-13(19)9-16-18-15/h5-6,8,13H,3-4,7,9H2,1-2H3,(H,17,20). The molecule has 6 heteroatoms. The molecular formula is C14H19N5O. The second-order valence-corrected chi connectivity index (χ2v) is 5.13. The van der Waals surface area contributed by atoms with E-state index in [2.05, 4.69) is 15.3 Å². The third kappa shape index (κ3) is 3.22. The maximum absolute atomic E-state index is 12.3. The minimum absolute atomic E-state index is 0.0115. The zero-order chi connectivity index (χ0) is 14.5. The number of amides is 2. The quantitative estimate of drug-likeness (QED) is 0.509. The number of carbonyl (C=O) groups excluding carboxylic acids is 1. The van der Waals surface area contributed by atoms with Crippen LogP contribution in [0.2, 0.25) is 0 Å². The van der Waals surface area contributed by atoms with Crippen molar-refractivity contribution in [2.24, 2.45) is 5.11 Å². The lowest BCUT2D eigenvalue weighted by Gasteiger charge is -2.23. The van der Waals surface area contributed by atoms with Gasteiger partial charge in [0.25, 0.3) is 0 Å². The molecule has 0 saturated carbocycles. The van der Waals surface area contributed by atoms with Gasteiger partial charge >= 0.3 is 6.03 Å². The van der Waals surface area contributed by atoms with E-state index in [0.717, 1.165) is 24.1 Å². The van der Waals surface area contributed by atoms with Crippen LogP contribution in [0.15, 0.2) is 23.3 Å². The Balaban J connectivity index is 2.03. The fraction of sp³-hybridized carbons (Fsp3) is 0.500. The largest absolute Gasteiger partial charge is 0.322 e. The third-order valence-electron chi connectivity index (χ3n) is 3.75. The Morgan fingerprint density at radius 1 is 1.50 bits per heavy atom. The summed E-state index contributed by atoms with van der Waals surface area (Å²) in [4.78, 5) is 16.8. The van der Waals surface area contributed by atoms with Crippen molar-refractivity contribution in [3.05, 3.63) is 39.8 Å². The monoisotopic (exact) mass is 273 g/mol. The number of carbonyl (C=O) groups is 1. The van der Waals surface area contributed by atoms with Crippen molar-refractivity contribution in [3.63, 3.8) is 0 Å². The molecule has 1 heterocycles. The Morgan fingerprint density at radius 3 is 3.00 bits per heavy atom. The average molecular weight is 273 g/mol. The summed E-state index contributed by atoms with van der Waals surface area (Å²) >= 11 is 0. The molecule has 1 N–H and O–H groups in total. The Bertz CT molecular complexity index is 550. The van der Waals surface area contributed by atoms with Crippen molar-refractivity contribution in [2.45, 2.75) is 32.7 Å². The normalized spacial score (nSPS) is 17.7. The average Bonchev–Trinajstić information content (AvgIpc) is 2.89. The fourth-order valence-electron chi connectivity index (χ4n) is 2.44. The molecule has 20 heavy (non-hydrogen) atoms. The number of nitrogens with zero attached hydrogens (tertiary/aromatic N) is 4. The fourth-order valence-corrected chi connectivity index (χ4v) is 2.44. The van der Waals surface area contributed by atoms with E-state index < -0.39 is 0 Å². The van der Waals surface area contributed by atoms with Gasteiger partial charge in [-0.2, -0.15) is 0 Å². The molecule has 1 aromatic rings. The highest BCUT2D eigenvalue weighted by molar-refractivity contribution is 5.89. The van der Waals surface area contributed by atoms with E-state index in [1.54, 1.807) is 4.90 Å². The van der Waals surface area contributed by atoms with Crippen molar-refractivity contribution in [1.82, 2.24) is 4.90 Å². The Morgan fingerprint density at radius 2 is 2.30 bits per heavy atom. The first kappa shape index (κ1) is 14.2. The highest BCUT2D eigenvalue weighted by Gasteiger charge is 2.28. The van der Waals surface area contributed by atoms with E-state index in [-0.39, 0.29) is 12.1 Å². The predicted octanol–water partition coefficient (Wildman–Crippen LogP) is 3.61. The molecule has 1 aliphatic rings. The summed E-state index contributed by atoms with van der Waals surface area (Å²) in [5.74, 6) is 0. The van der Waals surface area contributed by atoms with Gasteiger partial charge in [-0.1, -0.05) is 11.2 Å². The molecule has 0 spiro atoms. The molecule has 0 aliphatic carbocycles. The first-order valence-corrected chi connectivity index (χ1v) is 6.77. The topological polar surface area (TPSA) is 81.1 Å². The number of rotatable bonds is 3. The van der Waals surface area contributed by atoms with E-state index in [1.165, 1.54) is 5.56 Å². The van der Waals surface area contributed by atoms with Crippen molar-refractivity contribution in [1.29, 1.82) is 0 Å². The molecule has 0 aromatic heterocycles. The van der Waals surface area contributed by atoms with Gasteiger partial charge in [-0.25, -0.2) is 4.79 Å². The lowest BCUT2D eigenvalue weighted by atomic mass is 10.1. The predicted molar refractivity (Wildman–Crippen MR) is 78.7 cm³/mol. The van der Waals surface area contributed by atoms with E-state index in [0.29, 0.717) is 13.1 Å². The number of hydrogen-bond acceptors (Lipinski definition) is 2. The van der Waals surface area contributed by atoms with Crippen LogP contribution >= 0.6 is 0 Å². The van der Waals surface area contributed by atoms with Crippen LogP contribution in [0.25, 0.3) is 10.4 Å². The van der Waals surface area contributed by atoms with E-state index >= 15 is 0 Å². The van der Waals surface area contributed by atoms with Crippen molar-refractivity contribution in [3.8, 4) is 0 Å². The number of aryl methyl sites for hydroxylation is 2. The van der Waals surface area contributed by atoms with Crippen molar-refractivity contribution < 1.29 is 4.79 Å². The van der Waals surface area contributed by atoms with E-state index in [1.807, 2.05) is 32.0 Å². The minimum atomic E-state index is -0.121. The number of nitrogens with one attached hydrogen (secondary N) is 1. The lowest BCUT2D eigenvalue weighted by molar-refractivity contribution is 0.208. The molecule has 1 atom stereocenters. The molecule has 0 radical (unpaired) electrons. The number of benzene rings is 1. The summed E-state index contributed by atoms with van der Waals surface area (Å²) in [6.45, 7) is 5.11. The van der Waals surface area contributed by atoms with Gasteiger partial charge in [-0.3, -0.25) is 0 Å². The van der Waals surface area contributed by atoms with E-state index in [4.69, 9.17) is 5.53 Å². The van der Waals surface area contributed by atoms with Gasteiger partial charge < -0.3 is 10.2 Å². The van der Waals surface area contributed by atoms with Gasteiger partial charge in [-0.15, -0.1) is 0 Å². The Kier molecular flexibility index (Phi) is 4.48. The Hall–Kier alpha value is -2.20. The van der Waals surface area contributed by atoms with Gasteiger partial charge in [0.2, 0.25) is 0 Å². The van der Waals surface area contributed by atoms with Crippen LogP contribution in [-0.4, -0.2) is 30.1 Å². The molecule has 0 bridgehead atoms. The number of anilines is 1. The van der Waals surface area contributed by atoms with Crippen molar-refractivity contribution in [2.75, 3.05) is 18.4 Å².